The summed E-state index contributed by atoms with van der Waals surface area (Å²) < 4.78 is 27.7. The van der Waals surface area contributed by atoms with Crippen LogP contribution in [-0.4, -0.2) is 25.5 Å². The maximum absolute atomic E-state index is 12.2. The van der Waals surface area contributed by atoms with E-state index in [-0.39, 0.29) is 16.6 Å². The first-order valence-corrected chi connectivity index (χ1v) is 7.97. The normalized spacial score (nSPS) is 18.3. The fourth-order valence-electron chi connectivity index (χ4n) is 1.74. The van der Waals surface area contributed by atoms with Crippen LogP contribution in [0.4, 0.5) is 0 Å². The van der Waals surface area contributed by atoms with Crippen LogP contribution in [0.1, 0.15) is 12.8 Å². The van der Waals surface area contributed by atoms with E-state index in [0.717, 1.165) is 17.3 Å². The lowest BCUT2D eigenvalue weighted by Gasteiger charge is -2.16. The standard InChI is InChI=1S/C11H14BrN3O3S/c12-8-3-5-9(6-4-8)19(17,18)15-10(7-1-2-7)11(13)14-16/h3-7,10,15-16H,1-2H2,(H2,13,14). The van der Waals surface area contributed by atoms with Crippen molar-refractivity contribution in [3.63, 3.8) is 0 Å². The molecule has 1 atom stereocenters. The second-order valence-corrected chi connectivity index (χ2v) is 7.04. The summed E-state index contributed by atoms with van der Waals surface area (Å²) in [5, 5.41) is 11.6. The van der Waals surface area contributed by atoms with E-state index in [4.69, 9.17) is 10.9 Å². The van der Waals surface area contributed by atoms with Gasteiger partial charge in [0.05, 0.1) is 10.9 Å². The molecular formula is C11H14BrN3O3S. The van der Waals surface area contributed by atoms with Gasteiger partial charge in [0.25, 0.3) is 0 Å². The Balaban J connectivity index is 2.22. The molecule has 1 aliphatic rings. The number of oxime groups is 1. The van der Waals surface area contributed by atoms with Crippen LogP contribution in [0, 0.1) is 5.92 Å². The first kappa shape index (κ1) is 14.3. The second-order valence-electron chi connectivity index (χ2n) is 4.42. The SMILES string of the molecule is NC(=NO)C(NS(=O)(=O)c1ccc(Br)cc1)C1CC1. The van der Waals surface area contributed by atoms with Crippen molar-refractivity contribution in [2.75, 3.05) is 0 Å². The van der Waals surface area contributed by atoms with Crippen LogP contribution in [0.2, 0.25) is 0 Å². The summed E-state index contributed by atoms with van der Waals surface area (Å²) in [7, 11) is -3.68. The number of rotatable bonds is 5. The molecule has 0 amide bonds. The molecule has 104 valence electrons. The van der Waals surface area contributed by atoms with Gasteiger partial charge in [-0.15, -0.1) is 0 Å². The Morgan fingerprint density at radius 3 is 2.47 bits per heavy atom. The van der Waals surface area contributed by atoms with Crippen molar-refractivity contribution in [1.82, 2.24) is 4.72 Å². The fraction of sp³-hybridized carbons (Fsp3) is 0.364. The van der Waals surface area contributed by atoms with Crippen molar-refractivity contribution in [2.45, 2.75) is 23.8 Å². The van der Waals surface area contributed by atoms with Crippen molar-refractivity contribution >= 4 is 31.8 Å². The number of halogens is 1. The van der Waals surface area contributed by atoms with Gasteiger partial charge in [-0.25, -0.2) is 13.1 Å². The smallest absolute Gasteiger partial charge is 0.241 e. The van der Waals surface area contributed by atoms with Gasteiger partial charge < -0.3 is 10.9 Å². The zero-order valence-corrected chi connectivity index (χ0v) is 12.4. The average Bonchev–Trinajstić information content (AvgIpc) is 3.20. The molecule has 0 radical (unpaired) electrons. The number of hydrogen-bond donors (Lipinski definition) is 3. The Hall–Kier alpha value is -1.12. The minimum absolute atomic E-state index is 0.0983. The summed E-state index contributed by atoms with van der Waals surface area (Å²) in [4.78, 5) is 0.145. The summed E-state index contributed by atoms with van der Waals surface area (Å²) in [6.07, 6.45) is 1.73. The number of nitrogens with zero attached hydrogens (tertiary/aromatic N) is 1. The van der Waals surface area contributed by atoms with Crippen LogP contribution in [0.3, 0.4) is 0 Å². The zero-order valence-electron chi connectivity index (χ0n) is 9.95. The summed E-state index contributed by atoms with van der Waals surface area (Å²) >= 11 is 3.24. The van der Waals surface area contributed by atoms with E-state index in [0.29, 0.717) is 0 Å². The van der Waals surface area contributed by atoms with E-state index >= 15 is 0 Å². The number of hydrogen-bond acceptors (Lipinski definition) is 4. The van der Waals surface area contributed by atoms with Crippen molar-refractivity contribution in [3.05, 3.63) is 28.7 Å². The highest BCUT2D eigenvalue weighted by atomic mass is 79.9. The molecule has 0 saturated heterocycles. The number of nitrogens with one attached hydrogen (secondary N) is 1. The quantitative estimate of drug-likeness (QED) is 0.322. The van der Waals surface area contributed by atoms with E-state index in [2.05, 4.69) is 25.8 Å². The number of benzene rings is 1. The van der Waals surface area contributed by atoms with Gasteiger partial charge in [-0.05, 0) is 43.0 Å². The van der Waals surface area contributed by atoms with Crippen molar-refractivity contribution in [2.24, 2.45) is 16.8 Å². The van der Waals surface area contributed by atoms with Gasteiger partial charge >= 0.3 is 0 Å². The summed E-state index contributed by atoms with van der Waals surface area (Å²) in [5.74, 6) is -0.00990. The molecule has 0 heterocycles. The molecule has 0 spiro atoms. The largest absolute Gasteiger partial charge is 0.409 e. The molecule has 19 heavy (non-hydrogen) atoms. The molecule has 0 aliphatic heterocycles. The Morgan fingerprint density at radius 2 is 2.00 bits per heavy atom. The first-order valence-electron chi connectivity index (χ1n) is 5.69. The fourth-order valence-corrected chi connectivity index (χ4v) is 3.28. The molecule has 8 heteroatoms. The van der Waals surface area contributed by atoms with Crippen molar-refractivity contribution in [3.8, 4) is 0 Å². The molecule has 1 saturated carbocycles. The predicted octanol–water partition coefficient (Wildman–Crippen LogP) is 1.25. The third-order valence-corrected chi connectivity index (χ3v) is 4.92. The van der Waals surface area contributed by atoms with E-state index in [1.165, 1.54) is 12.1 Å². The minimum Gasteiger partial charge on any atom is -0.409 e. The third kappa shape index (κ3) is 3.46. The topological polar surface area (TPSA) is 105 Å². The van der Waals surface area contributed by atoms with Crippen molar-refractivity contribution < 1.29 is 13.6 Å². The van der Waals surface area contributed by atoms with Gasteiger partial charge in [0.2, 0.25) is 10.0 Å². The Kier molecular flexibility index (Phi) is 4.12. The lowest BCUT2D eigenvalue weighted by Crippen LogP contribution is -2.46. The number of sulfonamides is 1. The third-order valence-electron chi connectivity index (χ3n) is 2.93. The van der Waals surface area contributed by atoms with Crippen LogP contribution < -0.4 is 10.5 Å². The second kappa shape index (κ2) is 5.48. The predicted molar refractivity (Wildman–Crippen MR) is 74.4 cm³/mol. The molecular weight excluding hydrogens is 334 g/mol. The van der Waals surface area contributed by atoms with Crippen LogP contribution in [0.25, 0.3) is 0 Å². The van der Waals surface area contributed by atoms with Gasteiger partial charge in [0.1, 0.15) is 0 Å². The number of amidine groups is 1. The van der Waals surface area contributed by atoms with E-state index in [1.807, 2.05) is 0 Å². The molecule has 0 bridgehead atoms. The highest BCUT2D eigenvalue weighted by Gasteiger charge is 2.37. The van der Waals surface area contributed by atoms with Gasteiger partial charge in [0, 0.05) is 4.47 Å². The molecule has 2 rings (SSSR count). The molecule has 1 fully saturated rings. The summed E-state index contributed by atoms with van der Waals surface area (Å²) in [5.41, 5.74) is 5.53. The first-order chi connectivity index (χ1) is 8.94. The van der Waals surface area contributed by atoms with Crippen molar-refractivity contribution in [1.29, 1.82) is 0 Å². The van der Waals surface area contributed by atoms with Crippen LogP contribution in [0.5, 0.6) is 0 Å². The Morgan fingerprint density at radius 1 is 1.42 bits per heavy atom. The Bertz CT molecular complexity index is 582. The average molecular weight is 348 g/mol. The molecule has 1 aromatic rings. The zero-order chi connectivity index (χ0) is 14.0. The van der Waals surface area contributed by atoms with Crippen LogP contribution in [-0.2, 0) is 10.0 Å². The molecule has 0 aromatic heterocycles. The molecule has 1 unspecified atom stereocenters. The lowest BCUT2D eigenvalue weighted by molar-refractivity contribution is 0.314. The van der Waals surface area contributed by atoms with E-state index in [1.54, 1.807) is 12.1 Å². The van der Waals surface area contributed by atoms with Gasteiger partial charge in [0.15, 0.2) is 5.84 Å². The summed E-state index contributed by atoms with van der Waals surface area (Å²) in [6.45, 7) is 0. The maximum Gasteiger partial charge on any atom is 0.241 e. The monoisotopic (exact) mass is 347 g/mol. The highest BCUT2D eigenvalue weighted by molar-refractivity contribution is 9.10. The van der Waals surface area contributed by atoms with Crippen LogP contribution >= 0.6 is 15.9 Å². The van der Waals surface area contributed by atoms with Gasteiger partial charge in [-0.3, -0.25) is 0 Å². The molecule has 6 nitrogen and oxygen atoms in total. The van der Waals surface area contributed by atoms with E-state index in [9.17, 15) is 8.42 Å². The van der Waals surface area contributed by atoms with Gasteiger partial charge in [-0.2, -0.15) is 0 Å². The maximum atomic E-state index is 12.2. The summed E-state index contributed by atoms with van der Waals surface area (Å²) in [6, 6.07) is 5.61. The van der Waals surface area contributed by atoms with Crippen LogP contribution in [0.15, 0.2) is 38.8 Å². The van der Waals surface area contributed by atoms with Gasteiger partial charge in [-0.1, -0.05) is 21.1 Å². The minimum atomic E-state index is -3.68. The lowest BCUT2D eigenvalue weighted by atomic mass is 10.2. The number of nitrogens with two attached hydrogens (primary N) is 1. The molecule has 4 N–H and O–H groups in total. The van der Waals surface area contributed by atoms with E-state index < -0.39 is 16.1 Å². The Labute approximate surface area is 119 Å². The molecule has 1 aliphatic carbocycles. The molecule has 1 aromatic carbocycles. The highest BCUT2D eigenvalue weighted by Crippen LogP contribution is 2.33.